The lowest BCUT2D eigenvalue weighted by Gasteiger charge is -2.14. The summed E-state index contributed by atoms with van der Waals surface area (Å²) in [6.07, 6.45) is -2.57. The van der Waals surface area contributed by atoms with Gasteiger partial charge in [0.05, 0.1) is 13.2 Å². The van der Waals surface area contributed by atoms with E-state index in [1.807, 2.05) is 26.0 Å². The molecule has 0 heterocycles. The molecule has 164 valence electrons. The first-order valence-corrected chi connectivity index (χ1v) is 9.76. The van der Waals surface area contributed by atoms with Crippen LogP contribution in [0.4, 0.5) is 13.2 Å². The Balaban J connectivity index is 1.77. The lowest BCUT2D eigenvalue weighted by atomic mass is 10.1. The highest BCUT2D eigenvalue weighted by Crippen LogP contribution is 2.29. The topological polar surface area (TPSA) is 36.9 Å². The summed E-state index contributed by atoms with van der Waals surface area (Å²) in [5, 5.41) is 0. The van der Waals surface area contributed by atoms with Crippen LogP contribution in [0.15, 0.2) is 47.0 Å². The minimum Gasteiger partial charge on any atom is -0.493 e. The van der Waals surface area contributed by atoms with Crippen molar-refractivity contribution in [2.75, 3.05) is 19.8 Å². The second-order valence-electron chi connectivity index (χ2n) is 6.26. The molecule has 0 aliphatic rings. The highest BCUT2D eigenvalue weighted by atomic mass is 35.5. The van der Waals surface area contributed by atoms with Gasteiger partial charge in [-0.2, -0.15) is 0 Å². The van der Waals surface area contributed by atoms with Crippen LogP contribution >= 0.6 is 23.2 Å². The lowest BCUT2D eigenvalue weighted by molar-refractivity contribution is -0.274. The molecule has 9 heteroatoms. The van der Waals surface area contributed by atoms with Crippen LogP contribution in [-0.2, 0) is 0 Å². The number of benzene rings is 2. The van der Waals surface area contributed by atoms with Crippen LogP contribution < -0.4 is 18.9 Å². The minimum absolute atomic E-state index is 0.149. The molecule has 0 fully saturated rings. The summed E-state index contributed by atoms with van der Waals surface area (Å²) in [5.74, 6) is 1.61. The highest BCUT2D eigenvalue weighted by molar-refractivity contribution is 6.55. The molecule has 0 N–H and O–H groups in total. The third-order valence-electron chi connectivity index (χ3n) is 3.78. The number of alkyl halides is 3. The van der Waals surface area contributed by atoms with Crippen molar-refractivity contribution in [3.8, 4) is 23.0 Å². The third-order valence-corrected chi connectivity index (χ3v) is 4.09. The molecule has 0 bridgehead atoms. The Kier molecular flexibility index (Phi) is 8.99. The van der Waals surface area contributed by atoms with Crippen molar-refractivity contribution in [1.82, 2.24) is 0 Å². The molecular weight excluding hydrogens is 444 g/mol. The fourth-order valence-corrected chi connectivity index (χ4v) is 2.71. The SMILES string of the molecule is Cc1cc(OCC=C(Cl)Cl)cc(C)c1OCCCOc1ccc(OC(F)(F)F)cc1. The number of hydrogen-bond donors (Lipinski definition) is 0. The van der Waals surface area contributed by atoms with Gasteiger partial charge >= 0.3 is 6.36 Å². The Labute approximate surface area is 183 Å². The predicted molar refractivity (Wildman–Crippen MR) is 110 cm³/mol. The van der Waals surface area contributed by atoms with Gasteiger partial charge in [-0.25, -0.2) is 0 Å². The molecule has 0 aliphatic heterocycles. The van der Waals surface area contributed by atoms with Crippen molar-refractivity contribution in [2.45, 2.75) is 26.6 Å². The molecule has 0 unspecified atom stereocenters. The van der Waals surface area contributed by atoms with E-state index in [1.54, 1.807) is 6.08 Å². The van der Waals surface area contributed by atoms with Crippen LogP contribution in [0.5, 0.6) is 23.0 Å². The van der Waals surface area contributed by atoms with Gasteiger partial charge in [-0.3, -0.25) is 0 Å². The average molecular weight is 465 g/mol. The maximum atomic E-state index is 12.1. The number of halogens is 5. The Hall–Kier alpha value is -2.25. The summed E-state index contributed by atoms with van der Waals surface area (Å²) in [7, 11) is 0. The summed E-state index contributed by atoms with van der Waals surface area (Å²) < 4.78 is 57.3. The molecule has 0 saturated carbocycles. The molecule has 2 aromatic rings. The van der Waals surface area contributed by atoms with Gasteiger partial charge in [-0.15, -0.1) is 13.2 Å². The van der Waals surface area contributed by atoms with E-state index in [0.717, 1.165) is 16.9 Å². The molecule has 0 saturated heterocycles. The van der Waals surface area contributed by atoms with E-state index in [-0.39, 0.29) is 16.8 Å². The number of aryl methyl sites for hydroxylation is 2. The summed E-state index contributed by atoms with van der Waals surface area (Å²) in [6.45, 7) is 4.87. The van der Waals surface area contributed by atoms with Gasteiger partial charge in [0.15, 0.2) is 0 Å². The van der Waals surface area contributed by atoms with Crippen molar-refractivity contribution in [3.63, 3.8) is 0 Å². The minimum atomic E-state index is -4.71. The van der Waals surface area contributed by atoms with E-state index in [0.29, 0.717) is 31.1 Å². The number of ether oxygens (including phenoxy) is 4. The summed E-state index contributed by atoms with van der Waals surface area (Å²) >= 11 is 11.1. The van der Waals surface area contributed by atoms with Crippen molar-refractivity contribution >= 4 is 23.2 Å². The van der Waals surface area contributed by atoms with Gasteiger partial charge in [0, 0.05) is 6.42 Å². The van der Waals surface area contributed by atoms with E-state index in [1.165, 1.54) is 24.3 Å². The molecular formula is C21H21Cl2F3O4. The number of hydrogen-bond acceptors (Lipinski definition) is 4. The molecule has 4 nitrogen and oxygen atoms in total. The molecule has 0 atom stereocenters. The molecule has 2 aromatic carbocycles. The number of rotatable bonds is 10. The van der Waals surface area contributed by atoms with Crippen LogP contribution in [0.2, 0.25) is 0 Å². The second kappa shape index (κ2) is 11.2. The van der Waals surface area contributed by atoms with Crippen LogP contribution in [0, 0.1) is 13.8 Å². The van der Waals surface area contributed by atoms with Gasteiger partial charge in [0.1, 0.15) is 34.1 Å². The van der Waals surface area contributed by atoms with E-state index < -0.39 is 6.36 Å². The standard InChI is InChI=1S/C21H21Cl2F3O4/c1-14-12-18(28-11-8-19(22)23)13-15(2)20(14)29-10-3-9-27-16-4-6-17(7-5-16)30-21(24,25)26/h4-8,12-13H,3,9-11H2,1-2H3. The fourth-order valence-electron chi connectivity index (χ4n) is 2.58. The molecule has 0 spiro atoms. The van der Waals surface area contributed by atoms with E-state index >= 15 is 0 Å². The third kappa shape index (κ3) is 8.63. The maximum Gasteiger partial charge on any atom is 0.573 e. The molecule has 2 rings (SSSR count). The van der Waals surface area contributed by atoms with Crippen molar-refractivity contribution in [2.24, 2.45) is 0 Å². The first kappa shape index (κ1) is 24.0. The maximum absolute atomic E-state index is 12.1. The van der Waals surface area contributed by atoms with Gasteiger partial charge in [0.25, 0.3) is 0 Å². The first-order chi connectivity index (χ1) is 14.1. The molecule has 0 aliphatic carbocycles. The summed E-state index contributed by atoms with van der Waals surface area (Å²) in [5.41, 5.74) is 1.85. The van der Waals surface area contributed by atoms with E-state index in [4.69, 9.17) is 37.4 Å². The quantitative estimate of drug-likeness (QED) is 0.364. The molecule has 0 radical (unpaired) electrons. The van der Waals surface area contributed by atoms with Crippen molar-refractivity contribution in [3.05, 3.63) is 58.1 Å². The second-order valence-corrected chi connectivity index (χ2v) is 7.27. The van der Waals surface area contributed by atoms with Crippen LogP contribution in [0.3, 0.4) is 0 Å². The zero-order valence-corrected chi connectivity index (χ0v) is 17.9. The first-order valence-electron chi connectivity index (χ1n) is 9.00. The van der Waals surface area contributed by atoms with Crippen molar-refractivity contribution < 1.29 is 32.1 Å². The molecule has 30 heavy (non-hydrogen) atoms. The normalized spacial score (nSPS) is 11.0. The van der Waals surface area contributed by atoms with Gasteiger partial charge in [-0.05, 0) is 67.4 Å². The fraction of sp³-hybridized carbons (Fsp3) is 0.333. The average Bonchev–Trinajstić information content (AvgIpc) is 2.63. The van der Waals surface area contributed by atoms with E-state index in [2.05, 4.69) is 4.74 Å². The van der Waals surface area contributed by atoms with Crippen LogP contribution in [0.25, 0.3) is 0 Å². The van der Waals surface area contributed by atoms with Crippen LogP contribution in [-0.4, -0.2) is 26.2 Å². The Morgan fingerprint density at radius 3 is 2.00 bits per heavy atom. The van der Waals surface area contributed by atoms with Crippen molar-refractivity contribution in [1.29, 1.82) is 0 Å². The zero-order chi connectivity index (χ0) is 22.1. The van der Waals surface area contributed by atoms with Crippen LogP contribution in [0.1, 0.15) is 17.5 Å². The van der Waals surface area contributed by atoms with Gasteiger partial charge < -0.3 is 18.9 Å². The Morgan fingerprint density at radius 2 is 1.43 bits per heavy atom. The monoisotopic (exact) mass is 464 g/mol. The van der Waals surface area contributed by atoms with E-state index in [9.17, 15) is 13.2 Å². The molecule has 0 amide bonds. The predicted octanol–water partition coefficient (Wildman–Crippen LogP) is 6.75. The van der Waals surface area contributed by atoms with Gasteiger partial charge in [-0.1, -0.05) is 23.2 Å². The lowest BCUT2D eigenvalue weighted by Crippen LogP contribution is -2.17. The Morgan fingerprint density at radius 1 is 0.867 bits per heavy atom. The molecule has 0 aromatic heterocycles. The summed E-state index contributed by atoms with van der Waals surface area (Å²) in [4.78, 5) is 0. The smallest absolute Gasteiger partial charge is 0.493 e. The summed E-state index contributed by atoms with van der Waals surface area (Å²) in [6, 6.07) is 8.96. The zero-order valence-electron chi connectivity index (χ0n) is 16.4. The highest BCUT2D eigenvalue weighted by Gasteiger charge is 2.30. The largest absolute Gasteiger partial charge is 0.573 e. The Bertz CT molecular complexity index is 825. The van der Waals surface area contributed by atoms with Gasteiger partial charge in [0.2, 0.25) is 0 Å².